The Morgan fingerprint density at radius 2 is 2.20 bits per heavy atom. The van der Waals surface area contributed by atoms with Gasteiger partial charge < -0.3 is 5.73 Å². The molecule has 110 valence electrons. The Labute approximate surface area is 115 Å². The van der Waals surface area contributed by atoms with Crippen molar-refractivity contribution in [1.82, 2.24) is 4.31 Å². The van der Waals surface area contributed by atoms with E-state index in [-0.39, 0.29) is 13.1 Å². The highest BCUT2D eigenvalue weighted by molar-refractivity contribution is 7.89. The Morgan fingerprint density at radius 1 is 1.50 bits per heavy atom. The van der Waals surface area contributed by atoms with Crippen molar-refractivity contribution >= 4 is 15.7 Å². The van der Waals surface area contributed by atoms with Crippen LogP contribution in [0.1, 0.15) is 12.8 Å². The molecule has 1 atom stereocenters. The Hall–Kier alpha value is -1.58. The second-order valence-electron chi connectivity index (χ2n) is 4.49. The minimum absolute atomic E-state index is 0.127. The number of nitro groups is 1. The summed E-state index contributed by atoms with van der Waals surface area (Å²) in [5.41, 5.74) is 4.49. The molecule has 1 heterocycles. The van der Waals surface area contributed by atoms with E-state index in [9.17, 15) is 22.9 Å². The summed E-state index contributed by atoms with van der Waals surface area (Å²) in [5, 5.41) is 10.9. The SMILES string of the molecule is NCC1CCCN1S(=O)(=O)c1cccc(F)c1[N+](=O)[O-]. The third-order valence-electron chi connectivity index (χ3n) is 3.31. The largest absolute Gasteiger partial charge is 0.329 e. The van der Waals surface area contributed by atoms with Crippen LogP contribution in [-0.4, -0.2) is 36.8 Å². The van der Waals surface area contributed by atoms with Gasteiger partial charge in [0.25, 0.3) is 0 Å². The van der Waals surface area contributed by atoms with Crippen LogP contribution < -0.4 is 5.73 Å². The lowest BCUT2D eigenvalue weighted by Crippen LogP contribution is -2.40. The van der Waals surface area contributed by atoms with Crippen molar-refractivity contribution in [2.24, 2.45) is 5.73 Å². The van der Waals surface area contributed by atoms with Gasteiger partial charge in [-0.15, -0.1) is 0 Å². The van der Waals surface area contributed by atoms with Gasteiger partial charge in [-0.1, -0.05) is 6.07 Å². The fraction of sp³-hybridized carbons (Fsp3) is 0.455. The molecule has 1 aliphatic rings. The minimum Gasteiger partial charge on any atom is -0.329 e. The van der Waals surface area contributed by atoms with E-state index < -0.39 is 37.4 Å². The summed E-state index contributed by atoms with van der Waals surface area (Å²) in [4.78, 5) is 9.27. The predicted molar refractivity (Wildman–Crippen MR) is 69.0 cm³/mol. The molecule has 20 heavy (non-hydrogen) atoms. The zero-order chi connectivity index (χ0) is 14.9. The first-order valence-electron chi connectivity index (χ1n) is 6.04. The summed E-state index contributed by atoms with van der Waals surface area (Å²) in [6, 6.07) is 2.65. The summed E-state index contributed by atoms with van der Waals surface area (Å²) >= 11 is 0. The zero-order valence-corrected chi connectivity index (χ0v) is 11.3. The van der Waals surface area contributed by atoms with Crippen LogP contribution in [0, 0.1) is 15.9 Å². The van der Waals surface area contributed by atoms with Crippen molar-refractivity contribution in [2.75, 3.05) is 13.1 Å². The average Bonchev–Trinajstić information content (AvgIpc) is 2.86. The number of nitrogens with zero attached hydrogens (tertiary/aromatic N) is 2. The number of halogens is 1. The molecule has 1 fully saturated rings. The normalized spacial score (nSPS) is 20.2. The lowest BCUT2D eigenvalue weighted by Gasteiger charge is -2.22. The first-order chi connectivity index (χ1) is 9.39. The maximum Gasteiger partial charge on any atom is 0.324 e. The van der Waals surface area contributed by atoms with Gasteiger partial charge in [0.1, 0.15) is 0 Å². The van der Waals surface area contributed by atoms with Crippen LogP contribution in [0.4, 0.5) is 10.1 Å². The molecule has 0 radical (unpaired) electrons. The second kappa shape index (κ2) is 5.43. The average molecular weight is 303 g/mol. The molecule has 0 bridgehead atoms. The van der Waals surface area contributed by atoms with Crippen molar-refractivity contribution < 1.29 is 17.7 Å². The molecular formula is C11H14FN3O4S. The fourth-order valence-corrected chi connectivity index (χ4v) is 4.24. The van der Waals surface area contributed by atoms with Gasteiger partial charge in [0.2, 0.25) is 15.8 Å². The predicted octanol–water partition coefficient (Wildman–Crippen LogP) is 0.846. The van der Waals surface area contributed by atoms with E-state index in [0.29, 0.717) is 12.8 Å². The topological polar surface area (TPSA) is 107 Å². The number of sulfonamides is 1. The minimum atomic E-state index is -4.13. The van der Waals surface area contributed by atoms with E-state index in [0.717, 1.165) is 22.5 Å². The molecule has 0 aromatic heterocycles. The lowest BCUT2D eigenvalue weighted by atomic mass is 10.2. The monoisotopic (exact) mass is 303 g/mol. The van der Waals surface area contributed by atoms with Crippen LogP contribution in [0.2, 0.25) is 0 Å². The van der Waals surface area contributed by atoms with Gasteiger partial charge in [0.05, 0.1) is 4.92 Å². The van der Waals surface area contributed by atoms with Crippen LogP contribution in [-0.2, 0) is 10.0 Å². The third-order valence-corrected chi connectivity index (χ3v) is 5.30. The van der Waals surface area contributed by atoms with Crippen LogP contribution in [0.25, 0.3) is 0 Å². The highest BCUT2D eigenvalue weighted by Crippen LogP contribution is 2.32. The summed E-state index contributed by atoms with van der Waals surface area (Å²) in [6.07, 6.45) is 1.23. The number of nitrogens with two attached hydrogens (primary N) is 1. The molecule has 1 unspecified atom stereocenters. The summed E-state index contributed by atoms with van der Waals surface area (Å²) in [6.45, 7) is 0.361. The van der Waals surface area contributed by atoms with Gasteiger partial charge in [-0.05, 0) is 25.0 Å². The molecule has 1 aromatic rings. The molecular weight excluding hydrogens is 289 g/mol. The van der Waals surface area contributed by atoms with Crippen LogP contribution in [0.3, 0.4) is 0 Å². The highest BCUT2D eigenvalue weighted by Gasteiger charge is 2.39. The Kier molecular flexibility index (Phi) is 4.02. The van der Waals surface area contributed by atoms with Crippen LogP contribution in [0.5, 0.6) is 0 Å². The number of hydrogen-bond donors (Lipinski definition) is 1. The van der Waals surface area contributed by atoms with E-state index >= 15 is 0 Å². The Balaban J connectivity index is 2.55. The number of benzene rings is 1. The maximum absolute atomic E-state index is 13.5. The molecule has 1 aliphatic heterocycles. The molecule has 0 aliphatic carbocycles. The summed E-state index contributed by atoms with van der Waals surface area (Å²) < 4.78 is 39.6. The zero-order valence-electron chi connectivity index (χ0n) is 10.5. The van der Waals surface area contributed by atoms with Gasteiger partial charge in [0.15, 0.2) is 4.90 Å². The molecule has 1 aromatic carbocycles. The smallest absolute Gasteiger partial charge is 0.324 e. The van der Waals surface area contributed by atoms with Gasteiger partial charge >= 0.3 is 5.69 Å². The molecule has 2 rings (SSSR count). The first-order valence-corrected chi connectivity index (χ1v) is 7.48. The Morgan fingerprint density at radius 3 is 2.80 bits per heavy atom. The van der Waals surface area contributed by atoms with Gasteiger partial charge in [-0.3, -0.25) is 10.1 Å². The molecule has 9 heteroatoms. The first kappa shape index (κ1) is 14.8. The maximum atomic E-state index is 13.5. The summed E-state index contributed by atoms with van der Waals surface area (Å²) in [7, 11) is -4.13. The standard InChI is InChI=1S/C11H14FN3O4S/c12-9-4-1-5-10(11(9)15(16)17)20(18,19)14-6-2-3-8(14)7-13/h1,4-5,8H,2-3,6-7,13H2. The molecule has 0 spiro atoms. The molecule has 7 nitrogen and oxygen atoms in total. The van der Waals surface area contributed by atoms with Gasteiger partial charge in [-0.25, -0.2) is 8.42 Å². The fourth-order valence-electron chi connectivity index (χ4n) is 2.37. The molecule has 0 amide bonds. The van der Waals surface area contributed by atoms with Crippen molar-refractivity contribution in [3.05, 3.63) is 34.1 Å². The third kappa shape index (κ3) is 2.39. The second-order valence-corrected chi connectivity index (χ2v) is 6.35. The number of nitro benzene ring substituents is 1. The van der Waals surface area contributed by atoms with Gasteiger partial charge in [-0.2, -0.15) is 8.70 Å². The van der Waals surface area contributed by atoms with E-state index in [1.54, 1.807) is 0 Å². The molecule has 1 saturated heterocycles. The van der Waals surface area contributed by atoms with Crippen molar-refractivity contribution in [1.29, 1.82) is 0 Å². The van der Waals surface area contributed by atoms with Crippen molar-refractivity contribution in [3.63, 3.8) is 0 Å². The van der Waals surface area contributed by atoms with E-state index in [2.05, 4.69) is 0 Å². The van der Waals surface area contributed by atoms with E-state index in [1.807, 2.05) is 0 Å². The quantitative estimate of drug-likeness (QED) is 0.655. The number of rotatable bonds is 4. The van der Waals surface area contributed by atoms with Gasteiger partial charge in [0, 0.05) is 19.1 Å². The van der Waals surface area contributed by atoms with Crippen LogP contribution >= 0.6 is 0 Å². The van der Waals surface area contributed by atoms with E-state index in [4.69, 9.17) is 5.73 Å². The molecule has 2 N–H and O–H groups in total. The highest BCUT2D eigenvalue weighted by atomic mass is 32.2. The molecule has 0 saturated carbocycles. The van der Waals surface area contributed by atoms with E-state index in [1.165, 1.54) is 0 Å². The van der Waals surface area contributed by atoms with Crippen molar-refractivity contribution in [2.45, 2.75) is 23.8 Å². The Bertz CT molecular complexity index is 635. The number of hydrogen-bond acceptors (Lipinski definition) is 5. The van der Waals surface area contributed by atoms with Crippen molar-refractivity contribution in [3.8, 4) is 0 Å². The summed E-state index contributed by atoms with van der Waals surface area (Å²) in [5.74, 6) is -1.17. The number of para-hydroxylation sites is 1. The lowest BCUT2D eigenvalue weighted by molar-refractivity contribution is -0.390. The van der Waals surface area contributed by atoms with Crippen LogP contribution in [0.15, 0.2) is 23.1 Å².